The molecule has 166 valence electrons. The topological polar surface area (TPSA) is 99.2 Å². The molecule has 1 aliphatic carbocycles. The molecule has 1 atom stereocenters. The molecule has 2 aromatic rings. The summed E-state index contributed by atoms with van der Waals surface area (Å²) in [7, 11) is 3.61. The maximum absolute atomic E-state index is 12.7. The molecule has 1 saturated carbocycles. The average Bonchev–Trinajstić information content (AvgIpc) is 2.68. The Labute approximate surface area is 177 Å². The fourth-order valence-corrected chi connectivity index (χ4v) is 3.65. The molecule has 1 aliphatic heterocycles. The zero-order chi connectivity index (χ0) is 22.5. The summed E-state index contributed by atoms with van der Waals surface area (Å²) < 4.78 is 38.0. The highest BCUT2D eigenvalue weighted by molar-refractivity contribution is 6.03. The molecular formula is C19H23F3N8O. The molecule has 31 heavy (non-hydrogen) atoms. The standard InChI is InChI=1S/C19H23F3N8O/c1-9-15-16(29(3)10(2)17(31)27-15)28-18(25-9)26-11-5-12(6-11)30(4)14-8-23-13(7-24-14)19(20,21)22/h7-8,10-12H,5-6H2,1-4H3,(H,27,31)(H,25,26,28)/t10-,11-,12+/m0/s1. The van der Waals surface area contributed by atoms with Gasteiger partial charge in [-0.15, -0.1) is 0 Å². The number of nitrogens with zero attached hydrogens (tertiary/aromatic N) is 6. The van der Waals surface area contributed by atoms with Crippen molar-refractivity contribution in [1.29, 1.82) is 0 Å². The number of carbonyl (C=O) groups is 1. The van der Waals surface area contributed by atoms with E-state index in [-0.39, 0.29) is 24.0 Å². The first-order valence-corrected chi connectivity index (χ1v) is 9.85. The van der Waals surface area contributed by atoms with Crippen LogP contribution in [0, 0.1) is 6.92 Å². The Hall–Kier alpha value is -3.18. The number of likely N-dealkylation sites (N-methyl/N-ethyl adjacent to an activating group) is 1. The number of hydrogen-bond acceptors (Lipinski definition) is 8. The summed E-state index contributed by atoms with van der Waals surface area (Å²) in [4.78, 5) is 32.1. The van der Waals surface area contributed by atoms with Crippen LogP contribution in [0.5, 0.6) is 0 Å². The number of nitrogens with one attached hydrogen (secondary N) is 2. The van der Waals surface area contributed by atoms with E-state index in [2.05, 4.69) is 30.6 Å². The number of hydrogen-bond donors (Lipinski definition) is 2. The monoisotopic (exact) mass is 436 g/mol. The Morgan fingerprint density at radius 2 is 1.94 bits per heavy atom. The van der Waals surface area contributed by atoms with Crippen LogP contribution in [0.3, 0.4) is 0 Å². The highest BCUT2D eigenvalue weighted by atomic mass is 19.4. The first kappa shape index (κ1) is 21.1. The Morgan fingerprint density at radius 1 is 1.23 bits per heavy atom. The van der Waals surface area contributed by atoms with Gasteiger partial charge in [0, 0.05) is 26.2 Å². The van der Waals surface area contributed by atoms with E-state index >= 15 is 0 Å². The van der Waals surface area contributed by atoms with Gasteiger partial charge in [-0.3, -0.25) is 4.79 Å². The number of rotatable bonds is 4. The molecule has 2 N–H and O–H groups in total. The number of aromatic nitrogens is 4. The summed E-state index contributed by atoms with van der Waals surface area (Å²) in [6.45, 7) is 3.62. The van der Waals surface area contributed by atoms with E-state index in [1.165, 1.54) is 0 Å². The average molecular weight is 436 g/mol. The van der Waals surface area contributed by atoms with Crippen LogP contribution in [-0.2, 0) is 11.0 Å². The van der Waals surface area contributed by atoms with Crippen LogP contribution in [0.15, 0.2) is 12.4 Å². The van der Waals surface area contributed by atoms with Crippen molar-refractivity contribution < 1.29 is 18.0 Å². The fraction of sp³-hybridized carbons (Fsp3) is 0.526. The van der Waals surface area contributed by atoms with Gasteiger partial charge in [-0.2, -0.15) is 18.2 Å². The van der Waals surface area contributed by atoms with Gasteiger partial charge in [0.2, 0.25) is 11.9 Å². The fourth-order valence-electron chi connectivity index (χ4n) is 3.65. The van der Waals surface area contributed by atoms with Crippen LogP contribution in [-0.4, -0.2) is 58.1 Å². The lowest BCUT2D eigenvalue weighted by Crippen LogP contribution is -2.49. The summed E-state index contributed by atoms with van der Waals surface area (Å²) in [6, 6.07) is -0.0984. The minimum absolute atomic E-state index is 0.0985. The minimum Gasteiger partial charge on any atom is -0.355 e. The maximum Gasteiger partial charge on any atom is 0.434 e. The Kier molecular flexibility index (Phi) is 5.10. The van der Waals surface area contributed by atoms with E-state index in [0.29, 0.717) is 29.0 Å². The van der Waals surface area contributed by atoms with E-state index in [1.54, 1.807) is 14.0 Å². The summed E-state index contributed by atoms with van der Waals surface area (Å²) >= 11 is 0. The Morgan fingerprint density at radius 3 is 2.55 bits per heavy atom. The number of alkyl halides is 3. The zero-order valence-corrected chi connectivity index (χ0v) is 17.5. The van der Waals surface area contributed by atoms with Gasteiger partial charge in [0.15, 0.2) is 11.5 Å². The third-order valence-corrected chi connectivity index (χ3v) is 5.90. The predicted octanol–water partition coefficient (Wildman–Crippen LogP) is 2.45. The van der Waals surface area contributed by atoms with Gasteiger partial charge in [0.1, 0.15) is 17.5 Å². The molecule has 0 spiro atoms. The third kappa shape index (κ3) is 3.93. The smallest absolute Gasteiger partial charge is 0.355 e. The molecule has 0 radical (unpaired) electrons. The van der Waals surface area contributed by atoms with Crippen LogP contribution in [0.4, 0.5) is 36.4 Å². The lowest BCUT2D eigenvalue weighted by molar-refractivity contribution is -0.141. The molecule has 0 unspecified atom stereocenters. The quantitative estimate of drug-likeness (QED) is 0.754. The van der Waals surface area contributed by atoms with E-state index < -0.39 is 11.9 Å². The first-order valence-electron chi connectivity index (χ1n) is 9.85. The van der Waals surface area contributed by atoms with Gasteiger partial charge in [-0.1, -0.05) is 0 Å². The highest BCUT2D eigenvalue weighted by Crippen LogP contribution is 2.34. The van der Waals surface area contributed by atoms with Crippen molar-refractivity contribution in [1.82, 2.24) is 19.9 Å². The minimum atomic E-state index is -4.50. The zero-order valence-electron chi connectivity index (χ0n) is 17.5. The van der Waals surface area contributed by atoms with Gasteiger partial charge in [-0.25, -0.2) is 15.0 Å². The van der Waals surface area contributed by atoms with Crippen molar-refractivity contribution in [3.8, 4) is 0 Å². The van der Waals surface area contributed by atoms with Gasteiger partial charge >= 0.3 is 6.18 Å². The van der Waals surface area contributed by atoms with Crippen LogP contribution in [0.2, 0.25) is 0 Å². The van der Waals surface area contributed by atoms with Gasteiger partial charge in [0.05, 0.1) is 18.1 Å². The lowest BCUT2D eigenvalue weighted by atomic mass is 9.86. The van der Waals surface area contributed by atoms with Crippen molar-refractivity contribution in [2.24, 2.45) is 0 Å². The van der Waals surface area contributed by atoms with E-state index in [9.17, 15) is 18.0 Å². The normalized spacial score (nSPS) is 23.0. The molecule has 12 heteroatoms. The summed E-state index contributed by atoms with van der Waals surface area (Å²) in [5.74, 6) is 1.43. The van der Waals surface area contributed by atoms with Gasteiger partial charge < -0.3 is 20.4 Å². The van der Waals surface area contributed by atoms with Crippen molar-refractivity contribution in [3.63, 3.8) is 0 Å². The molecule has 1 amide bonds. The Balaban J connectivity index is 1.39. The van der Waals surface area contributed by atoms with Gasteiger partial charge in [-0.05, 0) is 26.7 Å². The van der Waals surface area contributed by atoms with E-state index in [4.69, 9.17) is 0 Å². The van der Waals surface area contributed by atoms with Gasteiger partial charge in [0.25, 0.3) is 0 Å². The van der Waals surface area contributed by atoms with E-state index in [1.807, 2.05) is 23.8 Å². The number of halogens is 3. The molecule has 2 aliphatic rings. The summed E-state index contributed by atoms with van der Waals surface area (Å²) in [5.41, 5.74) is 0.282. The molecule has 3 heterocycles. The molecule has 2 aromatic heterocycles. The van der Waals surface area contributed by atoms with Crippen molar-refractivity contribution in [3.05, 3.63) is 23.8 Å². The number of fused-ring (bicyclic) bond motifs is 1. The SMILES string of the molecule is Cc1nc(N[C@H]2C[C@@H](N(C)c3cnc(C(F)(F)F)cn3)C2)nc2c1NC(=O)[C@H](C)N2C. The number of carbonyl (C=O) groups excluding carboxylic acids is 1. The van der Waals surface area contributed by atoms with Crippen LogP contribution < -0.4 is 20.4 Å². The van der Waals surface area contributed by atoms with E-state index in [0.717, 1.165) is 25.2 Å². The number of anilines is 4. The Bertz CT molecular complexity index is 991. The predicted molar refractivity (Wildman–Crippen MR) is 109 cm³/mol. The first-order chi connectivity index (χ1) is 14.5. The highest BCUT2D eigenvalue weighted by Gasteiger charge is 2.36. The molecule has 1 fully saturated rings. The molecule has 4 rings (SSSR count). The maximum atomic E-state index is 12.7. The van der Waals surface area contributed by atoms with Crippen molar-refractivity contribution in [2.45, 2.75) is 51.0 Å². The largest absolute Gasteiger partial charge is 0.434 e. The van der Waals surface area contributed by atoms with Crippen molar-refractivity contribution >= 4 is 29.2 Å². The second-order valence-corrected chi connectivity index (χ2v) is 7.94. The number of aryl methyl sites for hydroxylation is 1. The molecule has 9 nitrogen and oxygen atoms in total. The second kappa shape index (κ2) is 7.50. The van der Waals surface area contributed by atoms with Crippen LogP contribution in [0.25, 0.3) is 0 Å². The molecule has 0 saturated heterocycles. The summed E-state index contributed by atoms with van der Waals surface area (Å²) in [5, 5.41) is 6.16. The lowest BCUT2D eigenvalue weighted by Gasteiger charge is -2.42. The third-order valence-electron chi connectivity index (χ3n) is 5.90. The second-order valence-electron chi connectivity index (χ2n) is 7.94. The molecule has 0 aromatic carbocycles. The van der Waals surface area contributed by atoms with Crippen LogP contribution >= 0.6 is 0 Å². The summed E-state index contributed by atoms with van der Waals surface area (Å²) in [6.07, 6.45) is -1.11. The molecular weight excluding hydrogens is 413 g/mol. The van der Waals surface area contributed by atoms with Crippen LogP contribution in [0.1, 0.15) is 31.2 Å². The molecule has 0 bridgehead atoms. The van der Waals surface area contributed by atoms with Crippen molar-refractivity contribution in [2.75, 3.05) is 34.5 Å². The number of amides is 1.